The minimum absolute atomic E-state index is 0.0227. The molecular weight excluding hydrogens is 366 g/mol. The van der Waals surface area contributed by atoms with Crippen LogP contribution in [-0.4, -0.2) is 50.8 Å². The highest BCUT2D eigenvalue weighted by Crippen LogP contribution is 2.36. The average molecular weight is 394 g/mol. The van der Waals surface area contributed by atoms with Crippen LogP contribution in [0.5, 0.6) is 11.5 Å². The first-order valence-corrected chi connectivity index (χ1v) is 11.6. The second kappa shape index (κ2) is 7.70. The Balaban J connectivity index is 1.40. The predicted octanol–water partition coefficient (Wildman–Crippen LogP) is 2.80. The van der Waals surface area contributed by atoms with Crippen molar-refractivity contribution in [3.05, 3.63) is 18.2 Å². The van der Waals surface area contributed by atoms with E-state index in [0.29, 0.717) is 36.7 Å². The van der Waals surface area contributed by atoms with Gasteiger partial charge in [-0.1, -0.05) is 12.8 Å². The van der Waals surface area contributed by atoms with Gasteiger partial charge in [-0.2, -0.15) is 0 Å². The monoisotopic (exact) mass is 393 g/mol. The number of fused-ring (bicyclic) bond motifs is 1. The van der Waals surface area contributed by atoms with Gasteiger partial charge in [-0.15, -0.1) is 0 Å². The molecule has 1 atom stereocenters. The van der Waals surface area contributed by atoms with Crippen LogP contribution in [-0.2, 0) is 14.6 Å². The van der Waals surface area contributed by atoms with Crippen molar-refractivity contribution >= 4 is 15.7 Å². The molecule has 0 spiro atoms. The number of nitrogens with zero attached hydrogens (tertiary/aromatic N) is 1. The van der Waals surface area contributed by atoms with Crippen molar-refractivity contribution in [2.75, 3.05) is 25.5 Å². The van der Waals surface area contributed by atoms with E-state index in [4.69, 9.17) is 9.47 Å². The number of hydrogen-bond donors (Lipinski definition) is 0. The first-order valence-electron chi connectivity index (χ1n) is 9.96. The third kappa shape index (κ3) is 3.93. The molecule has 3 aliphatic rings. The van der Waals surface area contributed by atoms with Crippen molar-refractivity contribution in [1.82, 2.24) is 4.90 Å². The molecule has 7 heteroatoms. The highest BCUT2D eigenvalue weighted by atomic mass is 32.2. The van der Waals surface area contributed by atoms with Crippen molar-refractivity contribution in [3.8, 4) is 11.5 Å². The zero-order valence-electron chi connectivity index (χ0n) is 15.6. The number of carbonyl (C=O) groups excluding carboxylic acids is 1. The molecule has 1 amide bonds. The number of rotatable bonds is 5. The number of sulfone groups is 1. The Morgan fingerprint density at radius 3 is 2.56 bits per heavy atom. The minimum Gasteiger partial charge on any atom is -0.486 e. The molecule has 1 aromatic carbocycles. The first-order chi connectivity index (χ1) is 13.0. The fraction of sp³-hybridized carbons (Fsp3) is 0.650. The van der Waals surface area contributed by atoms with Crippen LogP contribution in [0.3, 0.4) is 0 Å². The highest BCUT2D eigenvalue weighted by molar-refractivity contribution is 7.91. The number of carbonyl (C=O) groups is 1. The number of hydrogen-bond acceptors (Lipinski definition) is 5. The van der Waals surface area contributed by atoms with Crippen LogP contribution in [0, 0.1) is 5.92 Å². The van der Waals surface area contributed by atoms with Gasteiger partial charge < -0.3 is 14.4 Å². The van der Waals surface area contributed by atoms with E-state index in [-0.39, 0.29) is 23.0 Å². The fourth-order valence-corrected chi connectivity index (χ4v) is 5.88. The van der Waals surface area contributed by atoms with E-state index < -0.39 is 9.84 Å². The fourth-order valence-electron chi connectivity index (χ4n) is 4.63. The number of ether oxygens (including phenoxy) is 2. The molecule has 6 nitrogen and oxygen atoms in total. The van der Waals surface area contributed by atoms with Crippen LogP contribution < -0.4 is 9.47 Å². The molecule has 1 aromatic rings. The summed E-state index contributed by atoms with van der Waals surface area (Å²) in [6.45, 7) is 1.64. The Hall–Kier alpha value is -1.76. The number of amides is 1. The summed E-state index contributed by atoms with van der Waals surface area (Å²) in [5.74, 6) is 1.43. The Labute approximate surface area is 160 Å². The minimum atomic E-state index is -3.54. The van der Waals surface area contributed by atoms with Gasteiger partial charge >= 0.3 is 0 Å². The third-order valence-corrected chi connectivity index (χ3v) is 7.73. The van der Waals surface area contributed by atoms with Crippen LogP contribution in [0.2, 0.25) is 0 Å². The number of likely N-dealkylation sites (tertiary alicyclic amines) is 1. The summed E-state index contributed by atoms with van der Waals surface area (Å²) < 4.78 is 36.3. The summed E-state index contributed by atoms with van der Waals surface area (Å²) in [5.41, 5.74) is 0. The van der Waals surface area contributed by atoms with Crippen molar-refractivity contribution in [2.24, 2.45) is 5.92 Å². The lowest BCUT2D eigenvalue weighted by Gasteiger charge is -2.29. The van der Waals surface area contributed by atoms with Gasteiger partial charge in [-0.05, 0) is 43.7 Å². The second-order valence-electron chi connectivity index (χ2n) is 7.72. The Bertz CT molecular complexity index is 801. The van der Waals surface area contributed by atoms with E-state index in [1.54, 1.807) is 6.07 Å². The van der Waals surface area contributed by atoms with Gasteiger partial charge in [0.05, 0.1) is 10.6 Å². The maximum absolute atomic E-state index is 12.7. The Morgan fingerprint density at radius 2 is 1.78 bits per heavy atom. The molecule has 1 saturated heterocycles. The van der Waals surface area contributed by atoms with Gasteiger partial charge in [0.2, 0.25) is 5.91 Å². The summed E-state index contributed by atoms with van der Waals surface area (Å²) >= 11 is 0. The molecule has 27 heavy (non-hydrogen) atoms. The molecule has 0 bridgehead atoms. The molecule has 148 valence electrons. The van der Waals surface area contributed by atoms with Crippen LogP contribution in [0.1, 0.15) is 44.9 Å². The van der Waals surface area contributed by atoms with Crippen molar-refractivity contribution < 1.29 is 22.7 Å². The van der Waals surface area contributed by atoms with Gasteiger partial charge in [-0.25, -0.2) is 8.42 Å². The molecule has 1 saturated carbocycles. The molecule has 0 unspecified atom stereocenters. The largest absolute Gasteiger partial charge is 0.486 e. The summed E-state index contributed by atoms with van der Waals surface area (Å²) in [6, 6.07) is 4.98. The van der Waals surface area contributed by atoms with Crippen LogP contribution in [0.4, 0.5) is 0 Å². The molecule has 0 aromatic heterocycles. The van der Waals surface area contributed by atoms with Gasteiger partial charge in [-0.3, -0.25) is 4.79 Å². The molecule has 2 aliphatic heterocycles. The van der Waals surface area contributed by atoms with Crippen LogP contribution in [0.25, 0.3) is 0 Å². The lowest BCUT2D eigenvalue weighted by molar-refractivity contribution is -0.132. The maximum Gasteiger partial charge on any atom is 0.223 e. The molecule has 4 rings (SSSR count). The predicted molar refractivity (Wildman–Crippen MR) is 101 cm³/mol. The van der Waals surface area contributed by atoms with E-state index in [9.17, 15) is 13.2 Å². The Morgan fingerprint density at radius 1 is 1.04 bits per heavy atom. The van der Waals surface area contributed by atoms with Crippen LogP contribution in [0.15, 0.2) is 23.1 Å². The summed E-state index contributed by atoms with van der Waals surface area (Å²) in [7, 11) is -3.54. The normalized spacial score (nSPS) is 23.0. The quantitative estimate of drug-likeness (QED) is 0.769. The SMILES string of the molecule is O=C(CCS(=O)(=O)c1ccc2c(c1)OCCO2)N1CCC[C@@H]1C1CCCC1. The summed E-state index contributed by atoms with van der Waals surface area (Å²) in [6.07, 6.45) is 7.03. The molecular formula is C20H27NO5S. The summed E-state index contributed by atoms with van der Waals surface area (Å²) in [4.78, 5) is 14.9. The van der Waals surface area contributed by atoms with E-state index in [1.807, 2.05) is 4.90 Å². The Kier molecular flexibility index (Phi) is 5.30. The zero-order valence-corrected chi connectivity index (χ0v) is 16.4. The van der Waals surface area contributed by atoms with E-state index in [0.717, 1.165) is 19.4 Å². The van der Waals surface area contributed by atoms with Crippen molar-refractivity contribution in [2.45, 2.75) is 55.9 Å². The maximum atomic E-state index is 12.7. The smallest absolute Gasteiger partial charge is 0.223 e. The lowest BCUT2D eigenvalue weighted by Crippen LogP contribution is -2.40. The van der Waals surface area contributed by atoms with Gasteiger partial charge in [0.15, 0.2) is 21.3 Å². The standard InChI is InChI=1S/C20H27NO5S/c22-20(21-10-3-6-17(21)15-4-1-2-5-15)9-13-27(23,24)16-7-8-18-19(14-16)26-12-11-25-18/h7-8,14-15,17H,1-6,9-13H2/t17-/m1/s1. The molecule has 2 heterocycles. The van der Waals surface area contributed by atoms with Crippen molar-refractivity contribution in [3.63, 3.8) is 0 Å². The second-order valence-corrected chi connectivity index (χ2v) is 9.82. The summed E-state index contributed by atoms with van der Waals surface area (Å²) in [5, 5.41) is 0. The zero-order chi connectivity index (χ0) is 18.9. The van der Waals surface area contributed by atoms with Gasteiger partial charge in [0.25, 0.3) is 0 Å². The van der Waals surface area contributed by atoms with E-state index in [2.05, 4.69) is 0 Å². The topological polar surface area (TPSA) is 72.9 Å². The van der Waals surface area contributed by atoms with Crippen molar-refractivity contribution in [1.29, 1.82) is 0 Å². The molecule has 0 radical (unpaired) electrons. The molecule has 1 aliphatic carbocycles. The third-order valence-electron chi connectivity index (χ3n) is 6.02. The van der Waals surface area contributed by atoms with Crippen LogP contribution >= 0.6 is 0 Å². The van der Waals surface area contributed by atoms with Gasteiger partial charge in [0, 0.05) is 25.1 Å². The lowest BCUT2D eigenvalue weighted by atomic mass is 9.96. The first kappa shape index (κ1) is 18.6. The average Bonchev–Trinajstić information content (AvgIpc) is 3.37. The van der Waals surface area contributed by atoms with Gasteiger partial charge in [0.1, 0.15) is 13.2 Å². The van der Waals surface area contributed by atoms with E-state index in [1.165, 1.54) is 37.8 Å². The molecule has 0 N–H and O–H groups in total. The number of benzene rings is 1. The highest BCUT2D eigenvalue weighted by Gasteiger charge is 2.36. The van der Waals surface area contributed by atoms with E-state index >= 15 is 0 Å². The molecule has 2 fully saturated rings.